The number of carbonyl (C=O) groups excluding carboxylic acids is 4. The number of imide groups is 1. The third-order valence-electron chi connectivity index (χ3n) is 2.53. The molecule has 7 nitrogen and oxygen atoms in total. The second-order valence-corrected chi connectivity index (χ2v) is 4.22. The van der Waals surface area contributed by atoms with Crippen molar-refractivity contribution in [1.82, 2.24) is 5.32 Å². The van der Waals surface area contributed by atoms with Gasteiger partial charge in [0.2, 0.25) is 0 Å². The summed E-state index contributed by atoms with van der Waals surface area (Å²) < 4.78 is 9.15. The van der Waals surface area contributed by atoms with Crippen molar-refractivity contribution >= 4 is 23.8 Å². The molecule has 1 aromatic carbocycles. The summed E-state index contributed by atoms with van der Waals surface area (Å²) in [7, 11) is 0. The van der Waals surface area contributed by atoms with E-state index in [4.69, 9.17) is 0 Å². The fourth-order valence-electron chi connectivity index (χ4n) is 1.52. The zero-order chi connectivity index (χ0) is 16.4. The van der Waals surface area contributed by atoms with Gasteiger partial charge < -0.3 is 9.47 Å². The third-order valence-corrected chi connectivity index (χ3v) is 2.53. The van der Waals surface area contributed by atoms with Gasteiger partial charge in [0.25, 0.3) is 5.91 Å². The molecule has 1 N–H and O–H groups in total. The number of rotatable bonds is 7. The Morgan fingerprint density at radius 3 is 2.32 bits per heavy atom. The molecule has 0 saturated heterocycles. The van der Waals surface area contributed by atoms with Crippen molar-refractivity contribution in [1.29, 1.82) is 0 Å². The van der Waals surface area contributed by atoms with Gasteiger partial charge in [0.05, 0.1) is 13.0 Å². The molecule has 0 aromatic heterocycles. The number of ether oxygens (including phenoxy) is 2. The SMILES string of the molecule is CCOC(=O)NC(=O)COC(=O)CCC(=O)c1ccccc1. The fourth-order valence-corrected chi connectivity index (χ4v) is 1.52. The Morgan fingerprint density at radius 1 is 1.00 bits per heavy atom. The predicted octanol–water partition coefficient (Wildman–Crippen LogP) is 1.47. The number of esters is 1. The molecule has 0 fully saturated rings. The first-order chi connectivity index (χ1) is 10.5. The highest BCUT2D eigenvalue weighted by atomic mass is 16.6. The second-order valence-electron chi connectivity index (χ2n) is 4.22. The number of alkyl carbamates (subject to hydrolysis) is 1. The number of hydrogen-bond acceptors (Lipinski definition) is 6. The van der Waals surface area contributed by atoms with Gasteiger partial charge in [-0.05, 0) is 6.92 Å². The molecular weight excluding hydrogens is 290 g/mol. The molecule has 1 aromatic rings. The summed E-state index contributed by atoms with van der Waals surface area (Å²) in [5.41, 5.74) is 0.510. The van der Waals surface area contributed by atoms with Gasteiger partial charge in [-0.15, -0.1) is 0 Å². The van der Waals surface area contributed by atoms with Gasteiger partial charge in [-0.2, -0.15) is 0 Å². The van der Waals surface area contributed by atoms with Crippen LogP contribution in [0.2, 0.25) is 0 Å². The lowest BCUT2D eigenvalue weighted by Gasteiger charge is -2.05. The van der Waals surface area contributed by atoms with Crippen molar-refractivity contribution in [2.45, 2.75) is 19.8 Å². The van der Waals surface area contributed by atoms with E-state index in [0.717, 1.165) is 0 Å². The van der Waals surface area contributed by atoms with Crippen LogP contribution in [-0.2, 0) is 19.1 Å². The molecule has 118 valence electrons. The molecule has 0 aliphatic rings. The highest BCUT2D eigenvalue weighted by Gasteiger charge is 2.13. The maximum atomic E-state index is 11.8. The number of amides is 2. The Bertz CT molecular complexity index is 540. The zero-order valence-corrected chi connectivity index (χ0v) is 12.2. The van der Waals surface area contributed by atoms with E-state index in [-0.39, 0.29) is 25.2 Å². The summed E-state index contributed by atoms with van der Waals surface area (Å²) >= 11 is 0. The Balaban J connectivity index is 2.25. The topological polar surface area (TPSA) is 98.8 Å². The van der Waals surface area contributed by atoms with Crippen LogP contribution in [-0.4, -0.2) is 37.0 Å². The summed E-state index contributed by atoms with van der Waals surface area (Å²) in [6.45, 7) is 1.12. The van der Waals surface area contributed by atoms with Gasteiger partial charge in [-0.25, -0.2) is 4.79 Å². The van der Waals surface area contributed by atoms with Gasteiger partial charge in [-0.1, -0.05) is 30.3 Å². The number of ketones is 1. The Labute approximate surface area is 127 Å². The number of nitrogens with one attached hydrogen (secondary N) is 1. The van der Waals surface area contributed by atoms with Crippen molar-refractivity contribution < 1.29 is 28.7 Å². The standard InChI is InChI=1S/C15H17NO6/c1-2-21-15(20)16-13(18)10-22-14(19)9-8-12(17)11-6-4-3-5-7-11/h3-7H,2,8-10H2,1H3,(H,16,18,20). The quantitative estimate of drug-likeness (QED) is 0.605. The number of benzene rings is 1. The van der Waals surface area contributed by atoms with E-state index in [1.165, 1.54) is 0 Å². The Hall–Kier alpha value is -2.70. The maximum Gasteiger partial charge on any atom is 0.413 e. The molecular formula is C15H17NO6. The summed E-state index contributed by atoms with van der Waals surface area (Å²) in [4.78, 5) is 45.3. The normalized spacial score (nSPS) is 9.68. The summed E-state index contributed by atoms with van der Waals surface area (Å²) in [5.74, 6) is -1.67. The molecule has 0 radical (unpaired) electrons. The maximum absolute atomic E-state index is 11.8. The van der Waals surface area contributed by atoms with Gasteiger partial charge in [0, 0.05) is 12.0 Å². The molecule has 1 rings (SSSR count). The average molecular weight is 307 g/mol. The van der Waals surface area contributed by atoms with E-state index in [0.29, 0.717) is 5.56 Å². The van der Waals surface area contributed by atoms with Gasteiger partial charge >= 0.3 is 12.1 Å². The third kappa shape index (κ3) is 6.65. The van der Waals surface area contributed by atoms with E-state index in [1.54, 1.807) is 37.3 Å². The van der Waals surface area contributed by atoms with E-state index < -0.39 is 24.6 Å². The lowest BCUT2D eigenvalue weighted by atomic mass is 10.1. The Kier molecular flexibility index (Phi) is 7.32. The van der Waals surface area contributed by atoms with Crippen LogP contribution >= 0.6 is 0 Å². The minimum absolute atomic E-state index is 0.0116. The van der Waals surface area contributed by atoms with Crippen LogP contribution in [0.15, 0.2) is 30.3 Å². The molecule has 0 saturated carbocycles. The predicted molar refractivity (Wildman–Crippen MR) is 76.1 cm³/mol. The summed E-state index contributed by atoms with van der Waals surface area (Å²) in [6, 6.07) is 8.55. The molecule has 0 heterocycles. The van der Waals surface area contributed by atoms with E-state index in [2.05, 4.69) is 9.47 Å². The highest BCUT2D eigenvalue weighted by Crippen LogP contribution is 2.05. The average Bonchev–Trinajstić information content (AvgIpc) is 2.51. The molecule has 2 amide bonds. The molecule has 0 atom stereocenters. The first-order valence-corrected chi connectivity index (χ1v) is 6.73. The van der Waals surface area contributed by atoms with E-state index in [9.17, 15) is 19.2 Å². The Morgan fingerprint density at radius 2 is 1.68 bits per heavy atom. The second kappa shape index (κ2) is 9.28. The van der Waals surface area contributed by atoms with Gasteiger partial charge in [0.15, 0.2) is 12.4 Å². The number of hydrogen-bond donors (Lipinski definition) is 1. The summed E-state index contributed by atoms with van der Waals surface area (Å²) in [5, 5.41) is 1.88. The molecule has 0 unspecified atom stereocenters. The van der Waals surface area contributed by atoms with Gasteiger partial charge in [-0.3, -0.25) is 19.7 Å². The minimum atomic E-state index is -0.900. The van der Waals surface area contributed by atoms with Crippen molar-refractivity contribution in [2.75, 3.05) is 13.2 Å². The molecule has 0 bridgehead atoms. The van der Waals surface area contributed by atoms with Crippen LogP contribution in [0.1, 0.15) is 30.1 Å². The van der Waals surface area contributed by atoms with Crippen LogP contribution in [0, 0.1) is 0 Å². The number of carbonyl (C=O) groups is 4. The van der Waals surface area contributed by atoms with Crippen LogP contribution < -0.4 is 5.32 Å². The van der Waals surface area contributed by atoms with Crippen molar-refractivity contribution in [3.8, 4) is 0 Å². The van der Waals surface area contributed by atoms with Crippen LogP contribution in [0.25, 0.3) is 0 Å². The lowest BCUT2D eigenvalue weighted by Crippen LogP contribution is -2.34. The van der Waals surface area contributed by atoms with E-state index in [1.807, 2.05) is 5.32 Å². The molecule has 22 heavy (non-hydrogen) atoms. The lowest BCUT2D eigenvalue weighted by molar-refractivity contribution is -0.148. The fraction of sp³-hybridized carbons (Fsp3) is 0.333. The highest BCUT2D eigenvalue weighted by molar-refractivity contribution is 5.97. The minimum Gasteiger partial charge on any atom is -0.456 e. The summed E-state index contributed by atoms with van der Waals surface area (Å²) in [6.07, 6.45) is -1.05. The first kappa shape index (κ1) is 17.4. The monoisotopic (exact) mass is 307 g/mol. The first-order valence-electron chi connectivity index (χ1n) is 6.73. The molecule has 0 aliphatic heterocycles. The molecule has 0 aliphatic carbocycles. The van der Waals surface area contributed by atoms with E-state index >= 15 is 0 Å². The van der Waals surface area contributed by atoms with Crippen molar-refractivity contribution in [2.24, 2.45) is 0 Å². The number of Topliss-reactive ketones (excluding diaryl/α,β-unsaturated/α-hetero) is 1. The van der Waals surface area contributed by atoms with Crippen molar-refractivity contribution in [3.05, 3.63) is 35.9 Å². The van der Waals surface area contributed by atoms with Gasteiger partial charge in [0.1, 0.15) is 0 Å². The zero-order valence-electron chi connectivity index (χ0n) is 12.2. The van der Waals surface area contributed by atoms with Crippen LogP contribution in [0.5, 0.6) is 0 Å². The smallest absolute Gasteiger partial charge is 0.413 e. The molecule has 0 spiro atoms. The molecule has 7 heteroatoms. The van der Waals surface area contributed by atoms with Crippen molar-refractivity contribution in [3.63, 3.8) is 0 Å². The largest absolute Gasteiger partial charge is 0.456 e. The van der Waals surface area contributed by atoms with Crippen LogP contribution in [0.4, 0.5) is 4.79 Å². The van der Waals surface area contributed by atoms with Crippen LogP contribution in [0.3, 0.4) is 0 Å².